The first-order valence-electron chi connectivity index (χ1n) is 8.36. The van der Waals surface area contributed by atoms with Gasteiger partial charge >= 0.3 is 0 Å². The third-order valence-electron chi connectivity index (χ3n) is 4.05. The molecule has 1 aliphatic heterocycles. The zero-order chi connectivity index (χ0) is 17.8. The van der Waals surface area contributed by atoms with Crippen molar-refractivity contribution in [3.63, 3.8) is 0 Å². The summed E-state index contributed by atoms with van der Waals surface area (Å²) in [7, 11) is 0. The topological polar surface area (TPSA) is 65.4 Å². The summed E-state index contributed by atoms with van der Waals surface area (Å²) in [6.07, 6.45) is 0.981. The van der Waals surface area contributed by atoms with E-state index in [0.29, 0.717) is 24.6 Å². The molecule has 1 aromatic heterocycles. The predicted octanol–water partition coefficient (Wildman–Crippen LogP) is 2.24. The summed E-state index contributed by atoms with van der Waals surface area (Å²) in [5, 5.41) is 7.09. The Labute approximate surface area is 145 Å². The van der Waals surface area contributed by atoms with Crippen molar-refractivity contribution >= 4 is 5.91 Å². The minimum Gasteiger partial charge on any atom is -0.379 e. The normalized spacial score (nSPS) is 18.3. The van der Waals surface area contributed by atoms with Crippen LogP contribution < -0.4 is 5.32 Å². The van der Waals surface area contributed by atoms with E-state index in [9.17, 15) is 9.18 Å². The molecule has 0 aliphatic carbocycles. The van der Waals surface area contributed by atoms with Crippen LogP contribution in [0.4, 0.5) is 4.39 Å². The van der Waals surface area contributed by atoms with E-state index in [1.165, 1.54) is 10.7 Å². The quantitative estimate of drug-likeness (QED) is 0.870. The van der Waals surface area contributed by atoms with E-state index in [0.717, 1.165) is 13.0 Å². The van der Waals surface area contributed by atoms with Gasteiger partial charge < -0.3 is 14.8 Å². The molecule has 7 heteroatoms. The van der Waals surface area contributed by atoms with Gasteiger partial charge in [-0.3, -0.25) is 4.79 Å². The second kappa shape index (κ2) is 7.76. The van der Waals surface area contributed by atoms with Gasteiger partial charge in [0.25, 0.3) is 5.91 Å². The number of amides is 1. The molecule has 25 heavy (non-hydrogen) atoms. The number of para-hydroxylation sites is 1. The molecule has 134 valence electrons. The first-order chi connectivity index (χ1) is 12.0. The van der Waals surface area contributed by atoms with Crippen LogP contribution in [-0.2, 0) is 9.47 Å². The van der Waals surface area contributed by atoms with Crippen molar-refractivity contribution < 1.29 is 18.7 Å². The van der Waals surface area contributed by atoms with E-state index in [-0.39, 0.29) is 29.6 Å². The summed E-state index contributed by atoms with van der Waals surface area (Å²) in [5.41, 5.74) is 1.25. The highest BCUT2D eigenvalue weighted by molar-refractivity contribution is 5.92. The SMILES string of the molecule is Cc1cc(C(=O)NC(C)COC2CCOC2)nn1-c1ccccc1F. The Morgan fingerprint density at radius 3 is 3.04 bits per heavy atom. The zero-order valence-corrected chi connectivity index (χ0v) is 14.4. The van der Waals surface area contributed by atoms with E-state index in [4.69, 9.17) is 9.47 Å². The third-order valence-corrected chi connectivity index (χ3v) is 4.05. The number of benzene rings is 1. The molecule has 1 aliphatic rings. The minimum absolute atomic E-state index is 0.0989. The van der Waals surface area contributed by atoms with Crippen molar-refractivity contribution in [1.29, 1.82) is 0 Å². The fraction of sp³-hybridized carbons (Fsp3) is 0.444. The molecule has 0 saturated carbocycles. The summed E-state index contributed by atoms with van der Waals surface area (Å²) in [5.74, 6) is -0.696. The van der Waals surface area contributed by atoms with Crippen molar-refractivity contribution in [1.82, 2.24) is 15.1 Å². The first-order valence-corrected chi connectivity index (χ1v) is 8.36. The number of hydrogen-bond acceptors (Lipinski definition) is 4. The van der Waals surface area contributed by atoms with E-state index >= 15 is 0 Å². The van der Waals surface area contributed by atoms with E-state index < -0.39 is 0 Å². The van der Waals surface area contributed by atoms with Crippen molar-refractivity contribution in [2.75, 3.05) is 19.8 Å². The van der Waals surface area contributed by atoms with E-state index in [1.54, 1.807) is 31.2 Å². The third kappa shape index (κ3) is 4.24. The second-order valence-electron chi connectivity index (χ2n) is 6.23. The number of carbonyl (C=O) groups is 1. The highest BCUT2D eigenvalue weighted by Crippen LogP contribution is 2.15. The molecule has 2 aromatic rings. The lowest BCUT2D eigenvalue weighted by atomic mass is 10.3. The van der Waals surface area contributed by atoms with Crippen LogP contribution in [0, 0.1) is 12.7 Å². The smallest absolute Gasteiger partial charge is 0.272 e. The van der Waals surface area contributed by atoms with Gasteiger partial charge in [0.05, 0.1) is 19.3 Å². The number of ether oxygens (including phenoxy) is 2. The fourth-order valence-electron chi connectivity index (χ4n) is 2.72. The molecule has 2 heterocycles. The van der Waals surface area contributed by atoms with Crippen molar-refractivity contribution in [3.8, 4) is 5.69 Å². The molecule has 1 amide bonds. The number of rotatable bonds is 6. The maximum absolute atomic E-state index is 13.9. The Kier molecular flexibility index (Phi) is 5.45. The molecular formula is C18H22FN3O3. The molecule has 1 N–H and O–H groups in total. The molecule has 0 bridgehead atoms. The average Bonchev–Trinajstić information content (AvgIpc) is 3.23. The van der Waals surface area contributed by atoms with Crippen molar-refractivity contribution in [3.05, 3.63) is 47.5 Å². The van der Waals surface area contributed by atoms with E-state index in [2.05, 4.69) is 10.4 Å². The van der Waals surface area contributed by atoms with Crippen molar-refractivity contribution in [2.45, 2.75) is 32.4 Å². The Hall–Kier alpha value is -2.25. The van der Waals surface area contributed by atoms with Gasteiger partial charge in [0.2, 0.25) is 0 Å². The highest BCUT2D eigenvalue weighted by atomic mass is 19.1. The van der Waals surface area contributed by atoms with Crippen LogP contribution in [0.15, 0.2) is 30.3 Å². The van der Waals surface area contributed by atoms with Crippen LogP contribution in [0.25, 0.3) is 5.69 Å². The van der Waals surface area contributed by atoms with Gasteiger partial charge in [-0.15, -0.1) is 0 Å². The van der Waals surface area contributed by atoms with Crippen LogP contribution in [0.2, 0.25) is 0 Å². The van der Waals surface area contributed by atoms with Crippen LogP contribution in [0.5, 0.6) is 0 Å². The van der Waals surface area contributed by atoms with E-state index in [1.807, 2.05) is 6.92 Å². The Bertz CT molecular complexity index is 741. The van der Waals surface area contributed by atoms with Gasteiger partial charge in [-0.25, -0.2) is 9.07 Å². The van der Waals surface area contributed by atoms with Crippen LogP contribution in [-0.4, -0.2) is 47.7 Å². The summed E-state index contributed by atoms with van der Waals surface area (Å²) in [6, 6.07) is 7.81. The molecule has 0 radical (unpaired) electrons. The number of nitrogens with zero attached hydrogens (tertiary/aromatic N) is 2. The van der Waals surface area contributed by atoms with Crippen LogP contribution >= 0.6 is 0 Å². The summed E-state index contributed by atoms with van der Waals surface area (Å²) in [6.45, 7) is 5.38. The molecule has 2 unspecified atom stereocenters. The van der Waals surface area contributed by atoms with Gasteiger partial charge in [0, 0.05) is 18.3 Å². The maximum Gasteiger partial charge on any atom is 0.272 e. The van der Waals surface area contributed by atoms with Crippen molar-refractivity contribution in [2.24, 2.45) is 0 Å². The lowest BCUT2D eigenvalue weighted by Gasteiger charge is -2.16. The Morgan fingerprint density at radius 2 is 2.32 bits per heavy atom. The lowest BCUT2D eigenvalue weighted by molar-refractivity contribution is 0.0318. The Balaban J connectivity index is 1.62. The molecule has 1 fully saturated rings. The molecule has 3 rings (SSSR count). The molecule has 6 nitrogen and oxygen atoms in total. The zero-order valence-electron chi connectivity index (χ0n) is 14.4. The number of aromatic nitrogens is 2. The number of nitrogens with one attached hydrogen (secondary N) is 1. The van der Waals surface area contributed by atoms with Gasteiger partial charge in [-0.05, 0) is 38.5 Å². The summed E-state index contributed by atoms with van der Waals surface area (Å²) in [4.78, 5) is 12.4. The molecular weight excluding hydrogens is 325 g/mol. The number of aryl methyl sites for hydroxylation is 1. The van der Waals surface area contributed by atoms with Crippen LogP contribution in [0.3, 0.4) is 0 Å². The fourth-order valence-corrected chi connectivity index (χ4v) is 2.72. The predicted molar refractivity (Wildman–Crippen MR) is 90.4 cm³/mol. The monoisotopic (exact) mass is 347 g/mol. The summed E-state index contributed by atoms with van der Waals surface area (Å²) < 4.78 is 26.3. The Morgan fingerprint density at radius 1 is 1.52 bits per heavy atom. The highest BCUT2D eigenvalue weighted by Gasteiger charge is 2.19. The molecule has 1 saturated heterocycles. The van der Waals surface area contributed by atoms with Gasteiger partial charge in [0.1, 0.15) is 11.5 Å². The standard InChI is InChI=1S/C18H22FN3O3/c1-12(10-25-14-7-8-24-11-14)20-18(23)16-9-13(2)22(21-16)17-6-4-3-5-15(17)19/h3-6,9,12,14H,7-8,10-11H2,1-2H3,(H,20,23). The largest absolute Gasteiger partial charge is 0.379 e. The minimum atomic E-state index is -0.388. The number of hydrogen-bond donors (Lipinski definition) is 1. The second-order valence-corrected chi connectivity index (χ2v) is 6.23. The number of carbonyl (C=O) groups excluding carboxylic acids is 1. The first kappa shape index (κ1) is 17.6. The average molecular weight is 347 g/mol. The van der Waals surface area contributed by atoms with Gasteiger partial charge in [0.15, 0.2) is 5.69 Å². The molecule has 1 aromatic carbocycles. The van der Waals surface area contributed by atoms with Crippen LogP contribution in [0.1, 0.15) is 29.5 Å². The molecule has 2 atom stereocenters. The van der Waals surface area contributed by atoms with Gasteiger partial charge in [-0.2, -0.15) is 5.10 Å². The summed E-state index contributed by atoms with van der Waals surface area (Å²) >= 11 is 0. The lowest BCUT2D eigenvalue weighted by Crippen LogP contribution is -2.37. The molecule has 0 spiro atoms. The van der Waals surface area contributed by atoms with Gasteiger partial charge in [-0.1, -0.05) is 12.1 Å². The maximum atomic E-state index is 13.9. The number of halogens is 1.